The van der Waals surface area contributed by atoms with Crippen LogP contribution in [0.25, 0.3) is 0 Å². The third kappa shape index (κ3) is 3.36. The molecule has 0 saturated carbocycles. The lowest BCUT2D eigenvalue weighted by Gasteiger charge is -2.10. The first-order valence-electron chi connectivity index (χ1n) is 6.53. The van der Waals surface area contributed by atoms with Crippen molar-refractivity contribution in [2.75, 3.05) is 6.61 Å². The van der Waals surface area contributed by atoms with Crippen LogP contribution in [-0.4, -0.2) is 17.1 Å². The van der Waals surface area contributed by atoms with Gasteiger partial charge in [0.25, 0.3) is 0 Å². The molecule has 0 aliphatic heterocycles. The van der Waals surface area contributed by atoms with E-state index in [2.05, 4.69) is 4.99 Å². The zero-order valence-electron chi connectivity index (χ0n) is 11.9. The summed E-state index contributed by atoms with van der Waals surface area (Å²) in [5, 5.41) is 2.00. The van der Waals surface area contributed by atoms with Crippen molar-refractivity contribution in [3.63, 3.8) is 0 Å². The van der Waals surface area contributed by atoms with Crippen LogP contribution in [-0.2, 0) is 16.6 Å². The number of carbonyl (C=O) groups is 1. The van der Waals surface area contributed by atoms with Crippen LogP contribution in [0.3, 0.4) is 0 Å². The Morgan fingerprint density at radius 1 is 1.40 bits per heavy atom. The van der Waals surface area contributed by atoms with Gasteiger partial charge in [0, 0.05) is 18.6 Å². The van der Waals surface area contributed by atoms with Gasteiger partial charge >= 0.3 is 5.97 Å². The normalized spacial score (nSPS) is 13.2. The fourth-order valence-corrected chi connectivity index (χ4v) is 2.54. The van der Waals surface area contributed by atoms with E-state index in [1.54, 1.807) is 11.3 Å². The molecular formula is C15H18N2O2S. The van der Waals surface area contributed by atoms with E-state index in [0.29, 0.717) is 6.61 Å². The zero-order chi connectivity index (χ0) is 14.5. The van der Waals surface area contributed by atoms with Crippen LogP contribution in [0.1, 0.15) is 25.3 Å². The van der Waals surface area contributed by atoms with Crippen LogP contribution in [0.4, 0.5) is 5.69 Å². The smallest absolute Gasteiger partial charge is 0.313 e. The molecule has 1 unspecified atom stereocenters. The summed E-state index contributed by atoms with van der Waals surface area (Å²) in [5.74, 6) is -0.441. The molecule has 0 aliphatic carbocycles. The van der Waals surface area contributed by atoms with Gasteiger partial charge in [0.1, 0.15) is 0 Å². The summed E-state index contributed by atoms with van der Waals surface area (Å²) in [7, 11) is 1.96. The van der Waals surface area contributed by atoms with Gasteiger partial charge in [-0.25, -0.2) is 4.99 Å². The fourth-order valence-electron chi connectivity index (χ4n) is 1.79. The highest BCUT2D eigenvalue weighted by atomic mass is 32.1. The second-order valence-electron chi connectivity index (χ2n) is 4.47. The molecule has 0 aliphatic rings. The lowest BCUT2D eigenvalue weighted by molar-refractivity contribution is -0.144. The molecule has 0 N–H and O–H groups in total. The molecule has 0 saturated heterocycles. The van der Waals surface area contributed by atoms with E-state index >= 15 is 0 Å². The minimum absolute atomic E-state index is 0.193. The van der Waals surface area contributed by atoms with Crippen LogP contribution >= 0.6 is 11.3 Å². The molecule has 0 bridgehead atoms. The van der Waals surface area contributed by atoms with E-state index in [1.807, 2.05) is 61.3 Å². The van der Waals surface area contributed by atoms with Crippen LogP contribution in [0, 0.1) is 0 Å². The number of aromatic nitrogens is 1. The standard InChI is InChI=1S/C15H18N2O2S/c1-4-19-14(18)11(2)12-5-7-13(8-6-12)16-15-17(3)9-10-20-15/h5-11H,4H2,1-3H3/b16-15-. The van der Waals surface area contributed by atoms with Gasteiger partial charge in [0.2, 0.25) is 0 Å². The van der Waals surface area contributed by atoms with E-state index < -0.39 is 0 Å². The Kier molecular flexibility index (Phi) is 4.74. The first-order valence-corrected chi connectivity index (χ1v) is 7.41. The summed E-state index contributed by atoms with van der Waals surface area (Å²) in [5.41, 5.74) is 1.82. The molecule has 4 nitrogen and oxygen atoms in total. The number of aryl methyl sites for hydroxylation is 1. The highest BCUT2D eigenvalue weighted by Gasteiger charge is 2.15. The van der Waals surface area contributed by atoms with Gasteiger partial charge in [-0.05, 0) is 31.5 Å². The largest absolute Gasteiger partial charge is 0.466 e. The van der Waals surface area contributed by atoms with Crippen LogP contribution in [0.2, 0.25) is 0 Å². The highest BCUT2D eigenvalue weighted by molar-refractivity contribution is 7.07. The Morgan fingerprint density at radius 3 is 2.65 bits per heavy atom. The minimum atomic E-state index is -0.248. The molecule has 1 atom stereocenters. The quantitative estimate of drug-likeness (QED) is 0.812. The number of thiazole rings is 1. The maximum atomic E-state index is 11.7. The Balaban J connectivity index is 2.19. The summed E-state index contributed by atoms with van der Waals surface area (Å²) >= 11 is 1.59. The first kappa shape index (κ1) is 14.5. The lowest BCUT2D eigenvalue weighted by Crippen LogP contribution is -2.12. The molecule has 2 aromatic rings. The number of benzene rings is 1. The van der Waals surface area contributed by atoms with Crippen LogP contribution in [0.5, 0.6) is 0 Å². The molecule has 0 fully saturated rings. The van der Waals surface area contributed by atoms with Gasteiger partial charge in [-0.3, -0.25) is 4.79 Å². The molecule has 1 heterocycles. The van der Waals surface area contributed by atoms with E-state index in [1.165, 1.54) is 0 Å². The molecule has 2 rings (SSSR count). The average Bonchev–Trinajstić information content (AvgIpc) is 2.85. The third-order valence-electron chi connectivity index (χ3n) is 3.02. The van der Waals surface area contributed by atoms with Gasteiger partial charge in [0.05, 0.1) is 18.2 Å². The topological polar surface area (TPSA) is 43.6 Å². The van der Waals surface area contributed by atoms with E-state index in [4.69, 9.17) is 4.74 Å². The maximum absolute atomic E-state index is 11.7. The third-order valence-corrected chi connectivity index (χ3v) is 3.87. The molecular weight excluding hydrogens is 272 g/mol. The molecule has 106 valence electrons. The molecule has 1 aromatic heterocycles. The van der Waals surface area contributed by atoms with Crippen molar-refractivity contribution in [1.29, 1.82) is 0 Å². The Bertz CT molecular complexity index is 640. The number of hydrogen-bond donors (Lipinski definition) is 0. The van der Waals surface area contributed by atoms with Crippen molar-refractivity contribution < 1.29 is 9.53 Å². The maximum Gasteiger partial charge on any atom is 0.313 e. The molecule has 5 heteroatoms. The van der Waals surface area contributed by atoms with E-state index in [9.17, 15) is 4.79 Å². The summed E-state index contributed by atoms with van der Waals surface area (Å²) in [6.45, 7) is 4.07. The Morgan fingerprint density at radius 2 is 2.10 bits per heavy atom. The Hall–Kier alpha value is -1.88. The van der Waals surface area contributed by atoms with Crippen molar-refractivity contribution in [3.8, 4) is 0 Å². The number of esters is 1. The van der Waals surface area contributed by atoms with Crippen LogP contribution in [0.15, 0.2) is 40.8 Å². The minimum Gasteiger partial charge on any atom is -0.466 e. The van der Waals surface area contributed by atoms with Crippen LogP contribution < -0.4 is 4.80 Å². The molecule has 20 heavy (non-hydrogen) atoms. The number of rotatable bonds is 4. The van der Waals surface area contributed by atoms with Crippen molar-refractivity contribution in [2.45, 2.75) is 19.8 Å². The SMILES string of the molecule is CCOC(=O)C(C)c1ccc(/N=c2\sccn2C)cc1. The van der Waals surface area contributed by atoms with Gasteiger partial charge < -0.3 is 9.30 Å². The first-order chi connectivity index (χ1) is 9.61. The molecule has 0 amide bonds. The van der Waals surface area contributed by atoms with Gasteiger partial charge in [0.15, 0.2) is 4.80 Å². The second-order valence-corrected chi connectivity index (χ2v) is 5.35. The summed E-state index contributed by atoms with van der Waals surface area (Å²) in [6.07, 6.45) is 1.97. The van der Waals surface area contributed by atoms with Crippen molar-refractivity contribution in [1.82, 2.24) is 4.57 Å². The molecule has 0 spiro atoms. The highest BCUT2D eigenvalue weighted by Crippen LogP contribution is 2.20. The zero-order valence-corrected chi connectivity index (χ0v) is 12.7. The number of ether oxygens (including phenoxy) is 1. The predicted octanol–water partition coefficient (Wildman–Crippen LogP) is 2.99. The monoisotopic (exact) mass is 290 g/mol. The van der Waals surface area contributed by atoms with Gasteiger partial charge in [-0.1, -0.05) is 12.1 Å². The van der Waals surface area contributed by atoms with Crippen molar-refractivity contribution in [3.05, 3.63) is 46.2 Å². The van der Waals surface area contributed by atoms with Crippen molar-refractivity contribution in [2.24, 2.45) is 12.0 Å². The average molecular weight is 290 g/mol. The van der Waals surface area contributed by atoms with E-state index in [0.717, 1.165) is 16.1 Å². The molecule has 1 aromatic carbocycles. The summed E-state index contributed by atoms with van der Waals surface area (Å²) in [4.78, 5) is 17.2. The molecule has 0 radical (unpaired) electrons. The summed E-state index contributed by atoms with van der Waals surface area (Å²) in [6, 6.07) is 7.69. The predicted molar refractivity (Wildman–Crippen MR) is 80.0 cm³/mol. The van der Waals surface area contributed by atoms with Gasteiger partial charge in [-0.2, -0.15) is 0 Å². The van der Waals surface area contributed by atoms with Gasteiger partial charge in [-0.15, -0.1) is 11.3 Å². The second kappa shape index (κ2) is 6.52. The number of carbonyl (C=O) groups excluding carboxylic acids is 1. The number of nitrogens with zero attached hydrogens (tertiary/aromatic N) is 2. The van der Waals surface area contributed by atoms with E-state index in [-0.39, 0.29) is 11.9 Å². The fraction of sp³-hybridized carbons (Fsp3) is 0.333. The van der Waals surface area contributed by atoms with Crippen molar-refractivity contribution >= 4 is 23.0 Å². The number of hydrogen-bond acceptors (Lipinski definition) is 4. The lowest BCUT2D eigenvalue weighted by atomic mass is 10.0. The Labute approximate surface area is 122 Å². The summed E-state index contributed by atoms with van der Waals surface area (Å²) < 4.78 is 7.00.